The summed E-state index contributed by atoms with van der Waals surface area (Å²) in [6, 6.07) is 4.20. The number of imidazole rings is 1. The van der Waals surface area contributed by atoms with Crippen LogP contribution >= 0.6 is 15.9 Å². The van der Waals surface area contributed by atoms with Gasteiger partial charge in [-0.15, -0.1) is 0 Å². The summed E-state index contributed by atoms with van der Waals surface area (Å²) < 4.78 is 34.1. The van der Waals surface area contributed by atoms with Crippen molar-refractivity contribution in [2.75, 3.05) is 17.6 Å². The van der Waals surface area contributed by atoms with Gasteiger partial charge in [-0.25, -0.2) is 8.42 Å². The van der Waals surface area contributed by atoms with Gasteiger partial charge in [-0.05, 0) is 37.8 Å². The summed E-state index contributed by atoms with van der Waals surface area (Å²) in [6.07, 6.45) is 3.56. The monoisotopic (exact) mass is 387 g/mol. The normalized spacial score (nSPS) is 15.2. The van der Waals surface area contributed by atoms with Gasteiger partial charge in [-0.1, -0.05) is 15.9 Å². The minimum absolute atomic E-state index is 0.461. The second-order valence-corrected chi connectivity index (χ2v) is 8.24. The first-order chi connectivity index (χ1) is 10.4. The standard InChI is InChI=1S/C14H18BrN3O3S/c1-3-21-14-16-13-11(17-22(2,19)20)6-10(15)7-12(13)18(14)8-9-4-5-9/h6-7,9,17H,3-5,8H2,1-2H3. The molecule has 0 unspecified atom stereocenters. The molecule has 0 amide bonds. The Morgan fingerprint density at radius 2 is 2.18 bits per heavy atom. The first-order valence-corrected chi connectivity index (χ1v) is 9.86. The quantitative estimate of drug-likeness (QED) is 0.826. The van der Waals surface area contributed by atoms with Crippen LogP contribution in [0.1, 0.15) is 19.8 Å². The molecule has 1 aromatic heterocycles. The molecule has 0 atom stereocenters. The van der Waals surface area contributed by atoms with Crippen molar-refractivity contribution in [1.29, 1.82) is 0 Å². The number of hydrogen-bond donors (Lipinski definition) is 1. The lowest BCUT2D eigenvalue weighted by molar-refractivity contribution is 0.296. The van der Waals surface area contributed by atoms with Crippen LogP contribution in [0.15, 0.2) is 16.6 Å². The molecule has 1 fully saturated rings. The van der Waals surface area contributed by atoms with Crippen molar-refractivity contribution in [3.63, 3.8) is 0 Å². The van der Waals surface area contributed by atoms with E-state index < -0.39 is 10.0 Å². The summed E-state index contributed by atoms with van der Waals surface area (Å²) >= 11 is 3.44. The van der Waals surface area contributed by atoms with Crippen molar-refractivity contribution < 1.29 is 13.2 Å². The average Bonchev–Trinajstić information content (AvgIpc) is 3.14. The van der Waals surface area contributed by atoms with Gasteiger partial charge in [-0.2, -0.15) is 4.98 Å². The van der Waals surface area contributed by atoms with Gasteiger partial charge < -0.3 is 4.74 Å². The summed E-state index contributed by atoms with van der Waals surface area (Å²) in [6.45, 7) is 3.27. The summed E-state index contributed by atoms with van der Waals surface area (Å²) in [5, 5.41) is 0. The zero-order valence-corrected chi connectivity index (χ0v) is 14.9. The van der Waals surface area contributed by atoms with E-state index in [9.17, 15) is 8.42 Å². The van der Waals surface area contributed by atoms with Gasteiger partial charge in [0.15, 0.2) is 0 Å². The van der Waals surface area contributed by atoms with E-state index in [1.54, 1.807) is 6.07 Å². The van der Waals surface area contributed by atoms with Crippen LogP contribution in [-0.2, 0) is 16.6 Å². The number of halogens is 1. The van der Waals surface area contributed by atoms with E-state index in [4.69, 9.17) is 4.74 Å². The number of rotatable bonds is 6. The third-order valence-electron chi connectivity index (χ3n) is 3.49. The first-order valence-electron chi connectivity index (χ1n) is 7.17. The highest BCUT2D eigenvalue weighted by atomic mass is 79.9. The predicted molar refractivity (Wildman–Crippen MR) is 89.8 cm³/mol. The molecule has 1 aliphatic carbocycles. The Kier molecular flexibility index (Phi) is 4.07. The van der Waals surface area contributed by atoms with E-state index in [0.29, 0.717) is 29.7 Å². The minimum atomic E-state index is -3.37. The van der Waals surface area contributed by atoms with Gasteiger partial charge in [-0.3, -0.25) is 9.29 Å². The molecule has 0 spiro atoms. The maximum Gasteiger partial charge on any atom is 0.297 e. The van der Waals surface area contributed by atoms with E-state index in [2.05, 4.69) is 25.6 Å². The van der Waals surface area contributed by atoms with Crippen LogP contribution in [0.25, 0.3) is 11.0 Å². The summed E-state index contributed by atoms with van der Waals surface area (Å²) in [7, 11) is -3.37. The van der Waals surface area contributed by atoms with Crippen molar-refractivity contribution in [3.8, 4) is 6.01 Å². The molecule has 0 radical (unpaired) electrons. The molecule has 2 aromatic rings. The van der Waals surface area contributed by atoms with E-state index in [-0.39, 0.29) is 0 Å². The van der Waals surface area contributed by atoms with Crippen molar-refractivity contribution in [2.24, 2.45) is 5.92 Å². The molecule has 8 heteroatoms. The fourth-order valence-corrected chi connectivity index (χ4v) is 3.42. The number of ether oxygens (including phenoxy) is 1. The third kappa shape index (κ3) is 3.38. The van der Waals surface area contributed by atoms with Crippen molar-refractivity contribution >= 4 is 42.7 Å². The molecular weight excluding hydrogens is 370 g/mol. The van der Waals surface area contributed by atoms with Crippen molar-refractivity contribution in [2.45, 2.75) is 26.3 Å². The number of hydrogen-bond acceptors (Lipinski definition) is 4. The zero-order chi connectivity index (χ0) is 15.9. The highest BCUT2D eigenvalue weighted by molar-refractivity contribution is 9.10. The lowest BCUT2D eigenvalue weighted by Gasteiger charge is -2.09. The number of nitrogens with zero attached hydrogens (tertiary/aromatic N) is 2. The fraction of sp³-hybridized carbons (Fsp3) is 0.500. The SMILES string of the molecule is CCOc1nc2c(NS(C)(=O)=O)cc(Br)cc2n1CC1CC1. The molecule has 120 valence electrons. The van der Waals surface area contributed by atoms with Crippen LogP contribution in [0.2, 0.25) is 0 Å². The van der Waals surface area contributed by atoms with Crippen molar-refractivity contribution in [1.82, 2.24) is 9.55 Å². The maximum absolute atomic E-state index is 11.6. The van der Waals surface area contributed by atoms with Crippen LogP contribution in [0.5, 0.6) is 6.01 Å². The second kappa shape index (κ2) is 5.73. The van der Waals surface area contributed by atoms with Gasteiger partial charge in [0.25, 0.3) is 6.01 Å². The molecule has 1 N–H and O–H groups in total. The first kappa shape index (κ1) is 15.6. The van der Waals surface area contributed by atoms with Crippen molar-refractivity contribution in [3.05, 3.63) is 16.6 Å². The molecule has 1 heterocycles. The summed E-state index contributed by atoms with van der Waals surface area (Å²) in [5.74, 6) is 0.655. The lowest BCUT2D eigenvalue weighted by atomic mass is 10.2. The molecule has 0 saturated heterocycles. The van der Waals surface area contributed by atoms with E-state index in [1.165, 1.54) is 12.8 Å². The topological polar surface area (TPSA) is 73.2 Å². The van der Waals surface area contributed by atoms with Gasteiger partial charge >= 0.3 is 0 Å². The number of fused-ring (bicyclic) bond motifs is 1. The number of sulfonamides is 1. The molecule has 1 aromatic carbocycles. The highest BCUT2D eigenvalue weighted by Crippen LogP contribution is 2.36. The molecule has 1 saturated carbocycles. The number of benzene rings is 1. The summed E-state index contributed by atoms with van der Waals surface area (Å²) in [5.41, 5.74) is 1.94. The van der Waals surface area contributed by atoms with Crippen LogP contribution in [0.3, 0.4) is 0 Å². The Bertz CT molecular complexity index is 812. The number of nitrogens with one attached hydrogen (secondary N) is 1. The van der Waals surface area contributed by atoms with Crippen LogP contribution in [-0.4, -0.2) is 30.8 Å². The average molecular weight is 388 g/mol. The van der Waals surface area contributed by atoms with E-state index in [0.717, 1.165) is 22.8 Å². The summed E-state index contributed by atoms with van der Waals surface area (Å²) in [4.78, 5) is 4.50. The number of anilines is 1. The molecule has 0 aliphatic heterocycles. The predicted octanol–water partition coefficient (Wildman–Crippen LogP) is 2.98. The van der Waals surface area contributed by atoms with E-state index >= 15 is 0 Å². The molecular formula is C14H18BrN3O3S. The van der Waals surface area contributed by atoms with Gasteiger partial charge in [0.05, 0.1) is 24.1 Å². The second-order valence-electron chi connectivity index (χ2n) is 5.58. The van der Waals surface area contributed by atoms with E-state index in [1.807, 2.05) is 17.6 Å². The Morgan fingerprint density at radius 1 is 1.45 bits per heavy atom. The Labute approximate surface area is 138 Å². The Balaban J connectivity index is 2.16. The molecule has 22 heavy (non-hydrogen) atoms. The smallest absolute Gasteiger partial charge is 0.297 e. The fourth-order valence-electron chi connectivity index (χ4n) is 2.42. The molecule has 3 rings (SSSR count). The Hall–Kier alpha value is -1.28. The van der Waals surface area contributed by atoms with Gasteiger partial charge in [0, 0.05) is 11.0 Å². The number of aromatic nitrogens is 2. The largest absolute Gasteiger partial charge is 0.465 e. The van der Waals surface area contributed by atoms with Crippen LogP contribution in [0.4, 0.5) is 5.69 Å². The molecule has 6 nitrogen and oxygen atoms in total. The zero-order valence-electron chi connectivity index (χ0n) is 12.5. The third-order valence-corrected chi connectivity index (χ3v) is 4.54. The van der Waals surface area contributed by atoms with Crippen LogP contribution in [0, 0.1) is 5.92 Å². The minimum Gasteiger partial charge on any atom is -0.465 e. The maximum atomic E-state index is 11.6. The molecule has 1 aliphatic rings. The molecule has 0 bridgehead atoms. The van der Waals surface area contributed by atoms with Gasteiger partial charge in [0.1, 0.15) is 5.52 Å². The van der Waals surface area contributed by atoms with Crippen LogP contribution < -0.4 is 9.46 Å². The Morgan fingerprint density at radius 3 is 2.77 bits per heavy atom. The lowest BCUT2D eigenvalue weighted by Crippen LogP contribution is -2.10. The highest BCUT2D eigenvalue weighted by Gasteiger charge is 2.26. The van der Waals surface area contributed by atoms with Gasteiger partial charge in [0.2, 0.25) is 10.0 Å².